The molecule has 179 valence electrons. The number of piperidine rings is 1. The fourth-order valence-electron chi connectivity index (χ4n) is 4.99. The van der Waals surface area contributed by atoms with E-state index in [1.54, 1.807) is 6.33 Å². The van der Waals surface area contributed by atoms with Gasteiger partial charge in [-0.1, -0.05) is 0 Å². The van der Waals surface area contributed by atoms with Gasteiger partial charge in [0.25, 0.3) is 5.91 Å². The summed E-state index contributed by atoms with van der Waals surface area (Å²) in [6, 6.07) is 7.69. The number of carbonyl (C=O) groups is 1. The van der Waals surface area contributed by atoms with Gasteiger partial charge >= 0.3 is 0 Å². The van der Waals surface area contributed by atoms with Gasteiger partial charge in [0, 0.05) is 61.6 Å². The number of nitrogens with one attached hydrogen (secondary N) is 1. The number of carbonyl (C=O) groups excluding carboxylic acids is 1. The Hall–Kier alpha value is -3.79. The highest BCUT2D eigenvalue weighted by Gasteiger charge is 2.37. The molecule has 5 heterocycles. The maximum atomic E-state index is 13.5. The SMILES string of the molecule is COc1cc(F)ccc1C(=O)N1CCC(N2C[C](n3cc(-c4ncnc5[nH]ccc45)cn3)C2)CC1. The first-order valence-electron chi connectivity index (χ1n) is 11.7. The van der Waals surface area contributed by atoms with Crippen molar-refractivity contribution in [3.05, 3.63) is 66.6 Å². The molecule has 10 heteroatoms. The Labute approximate surface area is 201 Å². The van der Waals surface area contributed by atoms with Gasteiger partial charge in [0.1, 0.15) is 29.6 Å². The molecule has 0 unspecified atom stereocenters. The number of likely N-dealkylation sites (tertiary alicyclic amines) is 2. The Morgan fingerprint density at radius 1 is 1.17 bits per heavy atom. The van der Waals surface area contributed by atoms with Crippen LogP contribution in [0, 0.1) is 11.9 Å². The molecular weight excluding hydrogens is 449 g/mol. The number of nitrogens with zero attached hydrogens (tertiary/aromatic N) is 6. The standard InChI is InChI=1S/C25H25FN7O2/c1-35-22-10-17(26)2-3-20(22)25(34)31-8-5-18(6-9-31)32-13-19(14-32)33-12-16(11-30-33)23-21-4-7-27-24(21)29-15-28-23/h2-4,7,10-12,15,18H,5-6,8-9,13-14H2,1H3,(H,27,28,29). The van der Waals surface area contributed by atoms with E-state index >= 15 is 0 Å². The number of rotatable bonds is 5. The maximum absolute atomic E-state index is 13.5. The van der Waals surface area contributed by atoms with Crippen LogP contribution in [0.1, 0.15) is 23.2 Å². The number of amides is 1. The lowest BCUT2D eigenvalue weighted by Gasteiger charge is -2.46. The van der Waals surface area contributed by atoms with Crippen molar-refractivity contribution in [2.75, 3.05) is 33.3 Å². The molecule has 4 aromatic rings. The fraction of sp³-hybridized carbons (Fsp3) is 0.320. The molecule has 2 aliphatic rings. The van der Waals surface area contributed by atoms with Crippen molar-refractivity contribution >= 4 is 16.9 Å². The zero-order valence-corrected chi connectivity index (χ0v) is 19.3. The van der Waals surface area contributed by atoms with Crippen LogP contribution in [0.5, 0.6) is 5.75 Å². The Bertz CT molecular complexity index is 1370. The number of methoxy groups -OCH3 is 1. The van der Waals surface area contributed by atoms with Crippen LogP contribution in [-0.2, 0) is 0 Å². The first-order valence-corrected chi connectivity index (χ1v) is 11.7. The van der Waals surface area contributed by atoms with Crippen molar-refractivity contribution in [3.8, 4) is 17.0 Å². The van der Waals surface area contributed by atoms with Gasteiger partial charge in [-0.25, -0.2) is 14.4 Å². The summed E-state index contributed by atoms with van der Waals surface area (Å²) in [6.07, 6.45) is 9.10. The highest BCUT2D eigenvalue weighted by molar-refractivity contribution is 5.97. The lowest BCUT2D eigenvalue weighted by Crippen LogP contribution is -2.56. The number of halogens is 1. The third-order valence-corrected chi connectivity index (χ3v) is 6.97. The van der Waals surface area contributed by atoms with Gasteiger partial charge in [-0.2, -0.15) is 5.10 Å². The van der Waals surface area contributed by atoms with Gasteiger partial charge in [-0.15, -0.1) is 0 Å². The molecule has 6 rings (SSSR count). The smallest absolute Gasteiger partial charge is 0.257 e. The molecule has 9 nitrogen and oxygen atoms in total. The molecule has 1 aromatic carbocycles. The minimum Gasteiger partial charge on any atom is -0.496 e. The zero-order valence-electron chi connectivity index (χ0n) is 19.3. The summed E-state index contributed by atoms with van der Waals surface area (Å²) in [4.78, 5) is 29.0. The number of aromatic nitrogens is 5. The molecule has 1 amide bonds. The molecule has 0 spiro atoms. The van der Waals surface area contributed by atoms with E-state index in [1.165, 1.54) is 31.4 Å². The molecule has 2 saturated heterocycles. The number of fused-ring (bicyclic) bond motifs is 1. The van der Waals surface area contributed by atoms with Crippen molar-refractivity contribution in [1.82, 2.24) is 34.5 Å². The van der Waals surface area contributed by atoms with Gasteiger partial charge < -0.3 is 14.6 Å². The largest absolute Gasteiger partial charge is 0.496 e. The topological polar surface area (TPSA) is 92.2 Å². The second kappa shape index (κ2) is 8.77. The fourth-order valence-corrected chi connectivity index (χ4v) is 4.99. The Kier molecular flexibility index (Phi) is 5.44. The molecular formula is C25H25FN7O2. The second-order valence-electron chi connectivity index (χ2n) is 8.97. The number of hydrogen-bond donors (Lipinski definition) is 1. The summed E-state index contributed by atoms with van der Waals surface area (Å²) in [7, 11) is 1.45. The number of H-pyrrole nitrogens is 1. The summed E-state index contributed by atoms with van der Waals surface area (Å²) >= 11 is 0. The quantitative estimate of drug-likeness (QED) is 0.478. The minimum absolute atomic E-state index is 0.110. The summed E-state index contributed by atoms with van der Waals surface area (Å²) in [5, 5.41) is 5.55. The van der Waals surface area contributed by atoms with E-state index in [1.807, 2.05) is 34.2 Å². The number of ether oxygens (including phenoxy) is 1. The average molecular weight is 475 g/mol. The molecule has 1 N–H and O–H groups in total. The monoisotopic (exact) mass is 474 g/mol. The predicted molar refractivity (Wildman–Crippen MR) is 127 cm³/mol. The van der Waals surface area contributed by atoms with Crippen molar-refractivity contribution in [1.29, 1.82) is 0 Å². The van der Waals surface area contributed by atoms with E-state index in [2.05, 4.69) is 25.0 Å². The Morgan fingerprint density at radius 3 is 2.80 bits per heavy atom. The second-order valence-corrected chi connectivity index (χ2v) is 8.97. The van der Waals surface area contributed by atoms with Crippen LogP contribution in [0.2, 0.25) is 0 Å². The van der Waals surface area contributed by atoms with E-state index in [9.17, 15) is 9.18 Å². The molecule has 0 saturated carbocycles. The summed E-state index contributed by atoms with van der Waals surface area (Å²) in [6.45, 7) is 3.05. The summed E-state index contributed by atoms with van der Waals surface area (Å²) < 4.78 is 20.7. The lowest BCUT2D eigenvalue weighted by molar-refractivity contribution is 0.0512. The van der Waals surface area contributed by atoms with E-state index in [0.717, 1.165) is 48.2 Å². The predicted octanol–water partition coefficient (Wildman–Crippen LogP) is 2.97. The Morgan fingerprint density at radius 2 is 2.00 bits per heavy atom. The highest BCUT2D eigenvalue weighted by atomic mass is 19.1. The molecule has 0 bridgehead atoms. The van der Waals surface area contributed by atoms with Gasteiger partial charge in [-0.05, 0) is 31.0 Å². The summed E-state index contributed by atoms with van der Waals surface area (Å²) in [5.74, 6) is -0.251. The molecule has 0 aliphatic carbocycles. The first-order chi connectivity index (χ1) is 17.1. The van der Waals surface area contributed by atoms with Crippen molar-refractivity contribution < 1.29 is 13.9 Å². The third kappa shape index (κ3) is 3.93. The van der Waals surface area contributed by atoms with Crippen LogP contribution in [0.3, 0.4) is 0 Å². The number of benzene rings is 1. The van der Waals surface area contributed by atoms with Crippen LogP contribution in [0.4, 0.5) is 4.39 Å². The normalized spacial score (nSPS) is 17.6. The van der Waals surface area contributed by atoms with Crippen LogP contribution in [0.15, 0.2) is 49.2 Å². The van der Waals surface area contributed by atoms with E-state index in [0.29, 0.717) is 24.7 Å². The molecule has 35 heavy (non-hydrogen) atoms. The lowest BCUT2D eigenvalue weighted by atomic mass is 9.97. The van der Waals surface area contributed by atoms with Gasteiger partial charge in [0.2, 0.25) is 0 Å². The van der Waals surface area contributed by atoms with Gasteiger partial charge in [-0.3, -0.25) is 14.4 Å². The van der Waals surface area contributed by atoms with Crippen LogP contribution in [-0.4, -0.2) is 79.8 Å². The van der Waals surface area contributed by atoms with Crippen LogP contribution < -0.4 is 4.74 Å². The zero-order chi connectivity index (χ0) is 23.9. The van der Waals surface area contributed by atoms with Gasteiger partial charge in [0.15, 0.2) is 0 Å². The maximum Gasteiger partial charge on any atom is 0.257 e. The average Bonchev–Trinajstić information content (AvgIpc) is 3.53. The first kappa shape index (κ1) is 21.7. The van der Waals surface area contributed by atoms with Crippen LogP contribution in [0.25, 0.3) is 22.3 Å². The molecule has 3 aromatic heterocycles. The summed E-state index contributed by atoms with van der Waals surface area (Å²) in [5.41, 5.74) is 3.05. The third-order valence-electron chi connectivity index (χ3n) is 6.97. The van der Waals surface area contributed by atoms with E-state index in [4.69, 9.17) is 4.74 Å². The molecule has 1 radical (unpaired) electrons. The molecule has 2 aliphatic heterocycles. The van der Waals surface area contributed by atoms with Crippen molar-refractivity contribution in [3.63, 3.8) is 0 Å². The van der Waals surface area contributed by atoms with E-state index < -0.39 is 5.82 Å². The molecule has 2 fully saturated rings. The number of aromatic amines is 1. The van der Waals surface area contributed by atoms with E-state index in [-0.39, 0.29) is 11.7 Å². The van der Waals surface area contributed by atoms with Gasteiger partial charge in [0.05, 0.1) is 24.6 Å². The highest BCUT2D eigenvalue weighted by Crippen LogP contribution is 2.31. The molecule has 0 atom stereocenters. The van der Waals surface area contributed by atoms with Crippen LogP contribution >= 0.6 is 0 Å². The van der Waals surface area contributed by atoms with Crippen molar-refractivity contribution in [2.45, 2.75) is 18.9 Å². The Balaban J connectivity index is 1.05. The minimum atomic E-state index is -0.416. The van der Waals surface area contributed by atoms with Crippen molar-refractivity contribution in [2.24, 2.45) is 0 Å². The number of hydrogen-bond acceptors (Lipinski definition) is 6.